The largest absolute Gasteiger partial charge is 0.453 e. The van der Waals surface area contributed by atoms with E-state index in [1.165, 1.54) is 16.8 Å². The molecule has 7 heteroatoms. The molecule has 0 atom stereocenters. The van der Waals surface area contributed by atoms with Crippen molar-refractivity contribution in [2.45, 2.75) is 40.3 Å². The Balaban J connectivity index is 1.71. The highest BCUT2D eigenvalue weighted by atomic mass is 16.5. The van der Waals surface area contributed by atoms with Crippen LogP contribution in [0.25, 0.3) is 0 Å². The second-order valence-corrected chi connectivity index (χ2v) is 7.45. The summed E-state index contributed by atoms with van der Waals surface area (Å²) in [6.07, 6.45) is 0. The Morgan fingerprint density at radius 3 is 2.40 bits per heavy atom. The number of ketones is 1. The van der Waals surface area contributed by atoms with Crippen molar-refractivity contribution in [3.8, 4) is 0 Å². The van der Waals surface area contributed by atoms with Gasteiger partial charge < -0.3 is 9.30 Å². The maximum atomic E-state index is 12.6. The van der Waals surface area contributed by atoms with Crippen LogP contribution in [-0.2, 0) is 11.3 Å². The van der Waals surface area contributed by atoms with Gasteiger partial charge >= 0.3 is 5.97 Å². The van der Waals surface area contributed by atoms with Crippen LogP contribution in [0.15, 0.2) is 53.3 Å². The molecule has 0 N–H and O–H groups in total. The topological polar surface area (TPSA) is 83.2 Å². The van der Waals surface area contributed by atoms with Gasteiger partial charge in [0.05, 0.1) is 6.54 Å². The molecule has 0 spiro atoms. The van der Waals surface area contributed by atoms with E-state index in [4.69, 9.17) is 4.74 Å². The van der Waals surface area contributed by atoms with E-state index in [0.717, 1.165) is 17.0 Å². The number of Topliss-reactive ketones (excluding diaryl/α,β-unsaturated/α-hetero) is 1. The summed E-state index contributed by atoms with van der Waals surface area (Å²) in [6.45, 7) is 7.76. The molecule has 0 fully saturated rings. The van der Waals surface area contributed by atoms with Gasteiger partial charge in [-0.25, -0.2) is 9.48 Å². The minimum absolute atomic E-state index is 0.0222. The van der Waals surface area contributed by atoms with Crippen molar-refractivity contribution in [2.24, 2.45) is 0 Å². The minimum atomic E-state index is -0.747. The summed E-state index contributed by atoms with van der Waals surface area (Å²) in [7, 11) is 0. The van der Waals surface area contributed by atoms with Gasteiger partial charge in [-0.1, -0.05) is 30.3 Å². The van der Waals surface area contributed by atoms with Gasteiger partial charge in [-0.2, -0.15) is 5.10 Å². The first-order valence-electron chi connectivity index (χ1n) is 9.78. The summed E-state index contributed by atoms with van der Waals surface area (Å²) in [5.74, 6) is -1.02. The van der Waals surface area contributed by atoms with Crippen LogP contribution < -0.4 is 5.56 Å². The molecule has 30 heavy (non-hydrogen) atoms. The lowest BCUT2D eigenvalue weighted by atomic mass is 10.1. The fraction of sp³-hybridized carbons (Fsp3) is 0.304. The van der Waals surface area contributed by atoms with Gasteiger partial charge in [-0.05, 0) is 45.4 Å². The number of hydrogen-bond donors (Lipinski definition) is 0. The number of rotatable bonds is 7. The summed E-state index contributed by atoms with van der Waals surface area (Å²) in [6, 6.07) is 13.9. The van der Waals surface area contributed by atoms with Crippen molar-refractivity contribution in [3.05, 3.63) is 87.1 Å². The monoisotopic (exact) mass is 407 g/mol. The Hall–Kier alpha value is -3.48. The summed E-state index contributed by atoms with van der Waals surface area (Å²) < 4.78 is 8.44. The van der Waals surface area contributed by atoms with E-state index in [1.807, 2.05) is 64.1 Å². The number of carbonyl (C=O) groups is 2. The first-order chi connectivity index (χ1) is 14.3. The third-order valence-corrected chi connectivity index (χ3v) is 4.89. The zero-order valence-corrected chi connectivity index (χ0v) is 17.6. The highest BCUT2D eigenvalue weighted by Gasteiger charge is 2.19. The lowest BCUT2D eigenvalue weighted by Gasteiger charge is -2.13. The number of nitrogens with zero attached hydrogens (tertiary/aromatic N) is 3. The number of benzene rings is 1. The van der Waals surface area contributed by atoms with Gasteiger partial charge in [-0.3, -0.25) is 9.59 Å². The summed E-state index contributed by atoms with van der Waals surface area (Å²) in [5.41, 5.74) is 2.90. The Morgan fingerprint density at radius 2 is 1.77 bits per heavy atom. The Morgan fingerprint density at radius 1 is 1.07 bits per heavy atom. The van der Waals surface area contributed by atoms with Crippen molar-refractivity contribution < 1.29 is 14.3 Å². The number of aryl methyl sites for hydroxylation is 1. The predicted molar refractivity (Wildman–Crippen MR) is 113 cm³/mol. The van der Waals surface area contributed by atoms with E-state index in [2.05, 4.69) is 9.67 Å². The van der Waals surface area contributed by atoms with Crippen LogP contribution in [0.5, 0.6) is 0 Å². The first-order valence-corrected chi connectivity index (χ1v) is 9.78. The molecule has 0 bridgehead atoms. The van der Waals surface area contributed by atoms with Gasteiger partial charge in [-0.15, -0.1) is 0 Å². The second-order valence-electron chi connectivity index (χ2n) is 7.45. The molecule has 0 aliphatic carbocycles. The Bertz CT molecular complexity index is 1130. The number of hydrogen-bond acceptors (Lipinski definition) is 5. The predicted octanol–water partition coefficient (Wildman–Crippen LogP) is 3.33. The van der Waals surface area contributed by atoms with Gasteiger partial charge in [0.2, 0.25) is 5.78 Å². The van der Waals surface area contributed by atoms with Crippen molar-refractivity contribution in [1.82, 2.24) is 14.3 Å². The quantitative estimate of drug-likeness (QED) is 0.443. The standard InChI is InChI=1S/C23H25N3O4/c1-15(2)26-16(3)12-19(17(26)4)21(27)14-30-23(29)20-10-11-22(28)25(24-20)13-18-8-6-5-7-9-18/h5-12,15H,13-14H2,1-4H3. The van der Waals surface area contributed by atoms with Crippen LogP contribution in [0, 0.1) is 13.8 Å². The molecule has 2 heterocycles. The molecule has 3 aromatic rings. The summed E-state index contributed by atoms with van der Waals surface area (Å²) in [5, 5.41) is 4.09. The van der Waals surface area contributed by atoms with E-state index in [0.29, 0.717) is 5.56 Å². The van der Waals surface area contributed by atoms with Gasteiger partial charge in [0.25, 0.3) is 5.56 Å². The van der Waals surface area contributed by atoms with Crippen LogP contribution in [0.1, 0.15) is 57.7 Å². The summed E-state index contributed by atoms with van der Waals surface area (Å²) in [4.78, 5) is 37.1. The lowest BCUT2D eigenvalue weighted by Crippen LogP contribution is -2.26. The van der Waals surface area contributed by atoms with Crippen LogP contribution in [-0.4, -0.2) is 32.7 Å². The van der Waals surface area contributed by atoms with E-state index in [1.54, 1.807) is 0 Å². The molecule has 0 saturated heterocycles. The average molecular weight is 407 g/mol. The number of esters is 1. The molecule has 0 saturated carbocycles. The molecular weight excluding hydrogens is 382 g/mol. The highest BCUT2D eigenvalue weighted by molar-refractivity contribution is 6.00. The average Bonchev–Trinajstić information content (AvgIpc) is 3.02. The molecule has 0 aliphatic rings. The fourth-order valence-corrected chi connectivity index (χ4v) is 3.56. The SMILES string of the molecule is Cc1cc(C(=O)COC(=O)c2ccc(=O)n(Cc3ccccc3)n2)c(C)n1C(C)C. The van der Waals surface area contributed by atoms with Gasteiger partial charge in [0.15, 0.2) is 12.3 Å². The van der Waals surface area contributed by atoms with E-state index in [9.17, 15) is 14.4 Å². The smallest absolute Gasteiger partial charge is 0.359 e. The molecule has 3 rings (SSSR count). The van der Waals surface area contributed by atoms with Crippen molar-refractivity contribution in [3.63, 3.8) is 0 Å². The van der Waals surface area contributed by atoms with Crippen molar-refractivity contribution in [1.29, 1.82) is 0 Å². The Kier molecular flexibility index (Phi) is 6.30. The molecule has 0 radical (unpaired) electrons. The zero-order valence-electron chi connectivity index (χ0n) is 17.6. The van der Waals surface area contributed by atoms with Crippen LogP contribution in [0.4, 0.5) is 0 Å². The highest BCUT2D eigenvalue weighted by Crippen LogP contribution is 2.20. The zero-order chi connectivity index (χ0) is 21.8. The number of carbonyl (C=O) groups excluding carboxylic acids is 2. The molecular formula is C23H25N3O4. The van der Waals surface area contributed by atoms with E-state index >= 15 is 0 Å². The molecule has 156 valence electrons. The molecule has 7 nitrogen and oxygen atoms in total. The second kappa shape index (κ2) is 8.90. The van der Waals surface area contributed by atoms with Crippen molar-refractivity contribution >= 4 is 11.8 Å². The van der Waals surface area contributed by atoms with Crippen LogP contribution in [0.3, 0.4) is 0 Å². The third-order valence-electron chi connectivity index (χ3n) is 4.89. The molecule has 2 aromatic heterocycles. The first kappa shape index (κ1) is 21.2. The fourth-order valence-electron chi connectivity index (χ4n) is 3.56. The molecule has 0 aliphatic heterocycles. The maximum absolute atomic E-state index is 12.6. The van der Waals surface area contributed by atoms with Gasteiger partial charge in [0, 0.05) is 29.1 Å². The minimum Gasteiger partial charge on any atom is -0.453 e. The molecule has 0 unspecified atom stereocenters. The lowest BCUT2D eigenvalue weighted by molar-refractivity contribution is 0.0466. The van der Waals surface area contributed by atoms with Crippen LogP contribution in [0.2, 0.25) is 0 Å². The van der Waals surface area contributed by atoms with E-state index < -0.39 is 5.97 Å². The number of aromatic nitrogens is 3. The number of ether oxygens (including phenoxy) is 1. The van der Waals surface area contributed by atoms with Crippen LogP contribution >= 0.6 is 0 Å². The summed E-state index contributed by atoms with van der Waals surface area (Å²) >= 11 is 0. The molecule has 0 amide bonds. The van der Waals surface area contributed by atoms with E-state index in [-0.39, 0.29) is 36.2 Å². The van der Waals surface area contributed by atoms with Crippen molar-refractivity contribution in [2.75, 3.05) is 6.61 Å². The Labute approximate surface area is 174 Å². The third kappa shape index (κ3) is 4.56. The van der Waals surface area contributed by atoms with Gasteiger partial charge in [0.1, 0.15) is 0 Å². The maximum Gasteiger partial charge on any atom is 0.359 e. The molecule has 1 aromatic carbocycles. The normalized spacial score (nSPS) is 11.0.